The second kappa shape index (κ2) is 36.1. The van der Waals surface area contributed by atoms with Gasteiger partial charge >= 0.3 is 0 Å². The van der Waals surface area contributed by atoms with Crippen molar-refractivity contribution in [3.05, 3.63) is 41.8 Å². The van der Waals surface area contributed by atoms with Crippen LogP contribution in [0.15, 0.2) is 30.3 Å². The summed E-state index contributed by atoms with van der Waals surface area (Å²) < 4.78 is 0. The maximum atomic E-state index is 9.88. The van der Waals surface area contributed by atoms with Crippen LogP contribution in [-0.4, -0.2) is 18.5 Å². The van der Waals surface area contributed by atoms with Crippen LogP contribution in [0, 0.1) is 5.92 Å². The van der Waals surface area contributed by atoms with Crippen LogP contribution >= 0.6 is 0 Å². The van der Waals surface area contributed by atoms with Crippen molar-refractivity contribution in [2.45, 2.75) is 48.5 Å². The van der Waals surface area contributed by atoms with E-state index in [-0.39, 0.29) is 32.7 Å². The molecule has 1 N–H and O–H groups in total. The van der Waals surface area contributed by atoms with Crippen molar-refractivity contribution < 1.29 is 42.6 Å². The van der Waals surface area contributed by atoms with Crippen LogP contribution in [0.3, 0.4) is 0 Å². The van der Waals surface area contributed by atoms with Crippen molar-refractivity contribution in [2.24, 2.45) is 0 Å². The fourth-order valence-electron chi connectivity index (χ4n) is 0.506. The predicted octanol–water partition coefficient (Wildman–Crippen LogP) is 4.42. The molecule has 0 aliphatic heterocycles. The second-order valence-corrected chi connectivity index (χ2v) is 2.97. The zero-order chi connectivity index (χ0) is 15.4. The Labute approximate surface area is 145 Å². The number of aliphatic hydroxyl groups is 1. The van der Waals surface area contributed by atoms with E-state index in [9.17, 15) is 4.79 Å². The molecule has 111 valence electrons. The van der Waals surface area contributed by atoms with Crippen LogP contribution < -0.4 is 0 Å². The summed E-state index contributed by atoms with van der Waals surface area (Å²) in [7, 11) is 1.00. The van der Waals surface area contributed by atoms with Crippen LogP contribution in [0.5, 0.6) is 0 Å². The molecule has 1 aromatic carbocycles. The third-order valence-corrected chi connectivity index (χ3v) is 0.892. The van der Waals surface area contributed by atoms with E-state index in [1.165, 1.54) is 5.92 Å². The Morgan fingerprint density at radius 3 is 1.32 bits per heavy atom. The molecule has 1 aromatic rings. The Balaban J connectivity index is -0.0000000515. The molecular weight excluding hydrogens is 313 g/mol. The summed E-state index contributed by atoms with van der Waals surface area (Å²) in [5, 5.41) is 7.00. The van der Waals surface area contributed by atoms with Crippen molar-refractivity contribution in [3.8, 4) is 0 Å². The fraction of sp³-hybridized carbons (Fsp3) is 0.500. The summed E-state index contributed by atoms with van der Waals surface area (Å²) in [4.78, 5) is 9.88. The number of rotatable bonds is 1. The predicted molar refractivity (Wildman–Crippen MR) is 82.3 cm³/mol. The monoisotopic (exact) mass is 343 g/mol. The van der Waals surface area contributed by atoms with Crippen molar-refractivity contribution in [1.29, 1.82) is 0 Å². The topological polar surface area (TPSA) is 37.3 Å². The van der Waals surface area contributed by atoms with Crippen LogP contribution in [0.1, 0.15) is 54.0 Å². The van der Waals surface area contributed by atoms with E-state index in [1.54, 1.807) is 30.6 Å². The summed E-state index contributed by atoms with van der Waals surface area (Å²) in [5.74, 6) is 1.42. The molecule has 2 nitrogen and oxygen atoms in total. The van der Waals surface area contributed by atoms with E-state index in [0.717, 1.165) is 7.11 Å². The first-order valence-electron chi connectivity index (χ1n) is 6.31. The minimum absolute atomic E-state index is 0. The maximum Gasteiger partial charge on any atom is 0.0627 e. The first-order valence-corrected chi connectivity index (χ1v) is 6.31. The number of benzene rings is 1. The molecule has 0 bridgehead atoms. The van der Waals surface area contributed by atoms with Crippen molar-refractivity contribution in [2.75, 3.05) is 7.11 Å². The molecule has 0 atom stereocenters. The minimum Gasteiger partial charge on any atom is -0.400 e. The molecule has 0 aromatic heterocycles. The molecule has 1 rings (SSSR count). The standard InChI is InChI=1S/C7H5O.C4H9.2C2H6.CH4O.Y/c8-6-7-4-2-1-3-5-7;1-4(2)3;3*1-2;/h1-5H;1-3H3;2*1-2H3;2H,1H3;/q2*-1;;;;. The van der Waals surface area contributed by atoms with Gasteiger partial charge in [0.05, 0.1) is 6.29 Å². The average Bonchev–Trinajstić information content (AvgIpc) is 2.46. The third-order valence-electron chi connectivity index (χ3n) is 0.892. The SMILES string of the molecule is CC.CC.CO.C[C-](C)C.O=[C-]c1ccccc1.[Y]. The number of hydrogen-bond donors (Lipinski definition) is 1. The van der Waals surface area contributed by atoms with Gasteiger partial charge in [-0.2, -0.15) is 38.5 Å². The van der Waals surface area contributed by atoms with Crippen LogP contribution in [0.4, 0.5) is 0 Å². The van der Waals surface area contributed by atoms with Gasteiger partial charge in [-0.05, 0) is 0 Å². The third kappa shape index (κ3) is 46.1. The Morgan fingerprint density at radius 2 is 1.16 bits per heavy atom. The fourth-order valence-corrected chi connectivity index (χ4v) is 0.506. The summed E-state index contributed by atoms with van der Waals surface area (Å²) in [5.41, 5.74) is 0.604. The van der Waals surface area contributed by atoms with Crippen LogP contribution in [-0.2, 0) is 37.5 Å². The van der Waals surface area contributed by atoms with E-state index >= 15 is 0 Å². The van der Waals surface area contributed by atoms with E-state index in [0.29, 0.717) is 5.56 Å². The molecule has 0 aliphatic carbocycles. The molecule has 0 heterocycles. The molecular formula is C16H30O2Y-2. The molecule has 0 saturated heterocycles. The quantitative estimate of drug-likeness (QED) is 0.766. The van der Waals surface area contributed by atoms with Gasteiger partial charge in [-0.3, -0.25) is 0 Å². The molecule has 0 unspecified atom stereocenters. The average molecular weight is 343 g/mol. The van der Waals surface area contributed by atoms with Gasteiger partial charge in [0, 0.05) is 39.8 Å². The Bertz CT molecular complexity index is 208. The second-order valence-electron chi connectivity index (χ2n) is 2.97. The largest absolute Gasteiger partial charge is 0.400 e. The first-order chi connectivity index (χ1) is 8.66. The van der Waals surface area contributed by atoms with Crippen molar-refractivity contribution in [1.82, 2.24) is 0 Å². The van der Waals surface area contributed by atoms with Crippen molar-refractivity contribution in [3.63, 3.8) is 0 Å². The minimum atomic E-state index is 0. The smallest absolute Gasteiger partial charge is 0.0627 e. The van der Waals surface area contributed by atoms with E-state index in [2.05, 4.69) is 20.8 Å². The molecule has 3 heteroatoms. The van der Waals surface area contributed by atoms with Crippen LogP contribution in [0.25, 0.3) is 0 Å². The zero-order valence-corrected chi connectivity index (χ0v) is 16.7. The zero-order valence-electron chi connectivity index (χ0n) is 13.8. The van der Waals surface area contributed by atoms with E-state index in [1.807, 2.05) is 33.8 Å². The summed E-state index contributed by atoms with van der Waals surface area (Å²) in [6.07, 6.45) is 1.78. The molecule has 0 spiro atoms. The van der Waals surface area contributed by atoms with Gasteiger partial charge in [0.2, 0.25) is 0 Å². The van der Waals surface area contributed by atoms with Gasteiger partial charge in [-0.25, -0.2) is 0 Å². The number of aliphatic hydroxyl groups excluding tert-OH is 1. The Morgan fingerprint density at radius 1 is 0.895 bits per heavy atom. The van der Waals surface area contributed by atoms with E-state index < -0.39 is 0 Å². The van der Waals surface area contributed by atoms with Gasteiger partial charge in [-0.15, -0.1) is 12.1 Å². The van der Waals surface area contributed by atoms with Crippen molar-refractivity contribution >= 4 is 6.29 Å². The first kappa shape index (κ1) is 31.4. The molecule has 0 saturated carbocycles. The summed E-state index contributed by atoms with van der Waals surface area (Å²) in [6, 6.07) is 8.90. The normalized spacial score (nSPS) is 6.42. The van der Waals surface area contributed by atoms with Gasteiger partial charge in [-0.1, -0.05) is 33.8 Å². The molecule has 1 radical (unpaired) electrons. The molecule has 0 amide bonds. The van der Waals surface area contributed by atoms with E-state index in [4.69, 9.17) is 5.11 Å². The molecule has 0 aliphatic rings. The van der Waals surface area contributed by atoms with Gasteiger partial charge in [0.1, 0.15) is 0 Å². The number of hydrogen-bond acceptors (Lipinski definition) is 2. The van der Waals surface area contributed by atoms with Gasteiger partial charge in [0.15, 0.2) is 0 Å². The van der Waals surface area contributed by atoms with Gasteiger partial charge < -0.3 is 15.8 Å². The maximum absolute atomic E-state index is 9.88. The summed E-state index contributed by atoms with van der Waals surface area (Å²) in [6.45, 7) is 14.3. The number of carbonyl (C=O) groups excluding carboxylic acids is 1. The Kier molecular flexibility index (Phi) is 59.6. The summed E-state index contributed by atoms with van der Waals surface area (Å²) >= 11 is 0. The van der Waals surface area contributed by atoms with Crippen LogP contribution in [0.2, 0.25) is 0 Å². The van der Waals surface area contributed by atoms with Gasteiger partial charge in [0.25, 0.3) is 0 Å². The molecule has 19 heavy (non-hydrogen) atoms. The Hall–Kier alpha value is -0.0461. The molecule has 0 fully saturated rings.